The third-order valence-electron chi connectivity index (χ3n) is 3.62. The van der Waals surface area contributed by atoms with E-state index in [1.54, 1.807) is 0 Å². The Hall–Kier alpha value is -1.35. The van der Waals surface area contributed by atoms with Gasteiger partial charge in [0, 0.05) is 26.1 Å². The number of hydrogen-bond donors (Lipinski definition) is 2. The third-order valence-corrected chi connectivity index (χ3v) is 3.62. The molecule has 0 saturated heterocycles. The van der Waals surface area contributed by atoms with E-state index in [0.717, 1.165) is 25.6 Å². The van der Waals surface area contributed by atoms with Gasteiger partial charge >= 0.3 is 0 Å². The fourth-order valence-corrected chi connectivity index (χ4v) is 2.32. The highest BCUT2D eigenvalue weighted by Gasteiger charge is 2.25. The predicted molar refractivity (Wildman–Crippen MR) is 82.6 cm³/mol. The highest BCUT2D eigenvalue weighted by molar-refractivity contribution is 5.76. The summed E-state index contributed by atoms with van der Waals surface area (Å²) in [4.78, 5) is 11.6. The van der Waals surface area contributed by atoms with Gasteiger partial charge in [0.15, 0.2) is 0 Å². The summed E-state index contributed by atoms with van der Waals surface area (Å²) >= 11 is 0. The highest BCUT2D eigenvalue weighted by atomic mass is 16.1. The zero-order valence-electron chi connectivity index (χ0n) is 12.6. The fraction of sp³-hybridized carbons (Fsp3) is 0.588. The molecule has 1 aliphatic carbocycles. The molecule has 1 aromatic rings. The Balaban J connectivity index is 1.67. The smallest absolute Gasteiger partial charge is 0.221 e. The molecule has 0 aromatic heterocycles. The lowest BCUT2D eigenvalue weighted by Gasteiger charge is -2.10. The summed E-state index contributed by atoms with van der Waals surface area (Å²) in [7, 11) is 0. The van der Waals surface area contributed by atoms with E-state index in [1.807, 2.05) is 0 Å². The van der Waals surface area contributed by atoms with Crippen molar-refractivity contribution in [2.24, 2.45) is 5.92 Å². The van der Waals surface area contributed by atoms with Gasteiger partial charge in [-0.15, -0.1) is 0 Å². The molecule has 0 heterocycles. The molecule has 1 aromatic carbocycles. The molecule has 1 aliphatic rings. The number of amides is 1. The normalized spacial score (nSPS) is 14.6. The van der Waals surface area contributed by atoms with Crippen LogP contribution in [0.2, 0.25) is 0 Å². The van der Waals surface area contributed by atoms with E-state index in [-0.39, 0.29) is 5.91 Å². The second-order valence-electron chi connectivity index (χ2n) is 6.10. The van der Waals surface area contributed by atoms with Gasteiger partial charge in [0.05, 0.1) is 0 Å². The molecule has 1 fully saturated rings. The summed E-state index contributed by atoms with van der Waals surface area (Å²) in [6.07, 6.45) is 3.21. The van der Waals surface area contributed by atoms with Gasteiger partial charge in [0.2, 0.25) is 5.91 Å². The molecule has 0 bridgehead atoms. The van der Waals surface area contributed by atoms with Crippen LogP contribution in [0.4, 0.5) is 0 Å². The van der Waals surface area contributed by atoms with Crippen molar-refractivity contribution in [2.75, 3.05) is 13.1 Å². The predicted octanol–water partition coefficient (Wildman–Crippen LogP) is 2.82. The number of nitrogens with one attached hydrogen (secondary N) is 2. The molecule has 1 saturated carbocycles. The molecule has 20 heavy (non-hydrogen) atoms. The van der Waals surface area contributed by atoms with Crippen LogP contribution in [-0.2, 0) is 11.3 Å². The van der Waals surface area contributed by atoms with Crippen LogP contribution in [0.5, 0.6) is 0 Å². The fourth-order valence-electron chi connectivity index (χ4n) is 2.32. The van der Waals surface area contributed by atoms with E-state index in [1.165, 1.54) is 24.0 Å². The monoisotopic (exact) mass is 274 g/mol. The van der Waals surface area contributed by atoms with E-state index in [9.17, 15) is 4.79 Å². The first-order valence-electron chi connectivity index (χ1n) is 7.72. The van der Waals surface area contributed by atoms with Crippen molar-refractivity contribution in [3.05, 3.63) is 35.4 Å². The second kappa shape index (κ2) is 7.44. The molecular weight excluding hydrogens is 248 g/mol. The number of hydrogen-bond acceptors (Lipinski definition) is 2. The first kappa shape index (κ1) is 15.0. The second-order valence-corrected chi connectivity index (χ2v) is 6.10. The molecule has 3 nitrogen and oxygen atoms in total. The molecule has 110 valence electrons. The summed E-state index contributed by atoms with van der Waals surface area (Å²) in [6, 6.07) is 8.65. The van der Waals surface area contributed by atoms with Crippen molar-refractivity contribution < 1.29 is 4.79 Å². The van der Waals surface area contributed by atoms with E-state index in [2.05, 4.69) is 48.7 Å². The first-order valence-corrected chi connectivity index (χ1v) is 7.72. The minimum Gasteiger partial charge on any atom is -0.356 e. The van der Waals surface area contributed by atoms with Crippen LogP contribution in [0, 0.1) is 5.92 Å². The van der Waals surface area contributed by atoms with Gasteiger partial charge in [0.1, 0.15) is 0 Å². The minimum atomic E-state index is 0.140. The zero-order valence-corrected chi connectivity index (χ0v) is 12.6. The van der Waals surface area contributed by atoms with Gasteiger partial charge in [-0.1, -0.05) is 38.1 Å². The zero-order chi connectivity index (χ0) is 14.4. The average molecular weight is 274 g/mol. The van der Waals surface area contributed by atoms with Crippen LogP contribution in [0.1, 0.15) is 50.2 Å². The molecule has 0 spiro atoms. The van der Waals surface area contributed by atoms with Crippen molar-refractivity contribution in [1.82, 2.24) is 10.6 Å². The van der Waals surface area contributed by atoms with Crippen LogP contribution < -0.4 is 10.6 Å². The van der Waals surface area contributed by atoms with Crippen LogP contribution in [0.25, 0.3) is 0 Å². The summed E-state index contributed by atoms with van der Waals surface area (Å²) < 4.78 is 0. The molecule has 3 heteroatoms. The van der Waals surface area contributed by atoms with Gasteiger partial charge in [-0.25, -0.2) is 0 Å². The molecule has 2 rings (SSSR count). The number of benzene rings is 1. The van der Waals surface area contributed by atoms with E-state index < -0.39 is 0 Å². The summed E-state index contributed by atoms with van der Waals surface area (Å²) in [5.41, 5.74) is 2.88. The first-order chi connectivity index (χ1) is 9.66. The van der Waals surface area contributed by atoms with E-state index >= 15 is 0 Å². The summed E-state index contributed by atoms with van der Waals surface area (Å²) in [5.74, 6) is 1.43. The SMILES string of the molecule is CC(C)CNC(=O)CCNCc1ccccc1C1CC1. The molecule has 0 unspecified atom stereocenters. The number of carbonyl (C=O) groups excluding carboxylic acids is 1. The average Bonchev–Trinajstić information content (AvgIpc) is 3.26. The maximum atomic E-state index is 11.6. The highest BCUT2D eigenvalue weighted by Crippen LogP contribution is 2.41. The third kappa shape index (κ3) is 4.97. The molecule has 0 aliphatic heterocycles. The van der Waals surface area contributed by atoms with Gasteiger partial charge < -0.3 is 10.6 Å². The molecule has 0 radical (unpaired) electrons. The van der Waals surface area contributed by atoms with Crippen molar-refractivity contribution in [2.45, 2.75) is 45.6 Å². The maximum Gasteiger partial charge on any atom is 0.221 e. The standard InChI is InChI=1S/C17H26N2O/c1-13(2)11-19-17(20)9-10-18-12-15-5-3-4-6-16(15)14-7-8-14/h3-6,13-14,18H,7-12H2,1-2H3,(H,19,20). The van der Waals surface area contributed by atoms with Gasteiger partial charge in [-0.05, 0) is 35.8 Å². The van der Waals surface area contributed by atoms with Crippen molar-refractivity contribution in [1.29, 1.82) is 0 Å². The Morgan fingerprint density at radius 1 is 1.30 bits per heavy atom. The van der Waals surface area contributed by atoms with E-state index in [4.69, 9.17) is 0 Å². The Bertz CT molecular complexity index is 438. The number of carbonyl (C=O) groups is 1. The number of rotatable bonds is 8. The van der Waals surface area contributed by atoms with Crippen molar-refractivity contribution >= 4 is 5.91 Å². The van der Waals surface area contributed by atoms with Crippen LogP contribution >= 0.6 is 0 Å². The van der Waals surface area contributed by atoms with Crippen LogP contribution in [0.15, 0.2) is 24.3 Å². The summed E-state index contributed by atoms with van der Waals surface area (Å²) in [5, 5.41) is 6.32. The Morgan fingerprint density at radius 3 is 2.75 bits per heavy atom. The lowest BCUT2D eigenvalue weighted by molar-refractivity contribution is -0.121. The molecular formula is C17H26N2O. The topological polar surface area (TPSA) is 41.1 Å². The summed E-state index contributed by atoms with van der Waals surface area (Å²) in [6.45, 7) is 6.58. The Morgan fingerprint density at radius 2 is 2.05 bits per heavy atom. The van der Waals surface area contributed by atoms with E-state index in [0.29, 0.717) is 12.3 Å². The molecule has 0 atom stereocenters. The Kier molecular flexibility index (Phi) is 5.60. The lowest BCUT2D eigenvalue weighted by Crippen LogP contribution is -2.30. The molecule has 1 amide bonds. The lowest BCUT2D eigenvalue weighted by atomic mass is 10.0. The largest absolute Gasteiger partial charge is 0.356 e. The Labute approximate surface area is 122 Å². The van der Waals surface area contributed by atoms with Crippen LogP contribution in [0.3, 0.4) is 0 Å². The van der Waals surface area contributed by atoms with Gasteiger partial charge in [-0.3, -0.25) is 4.79 Å². The maximum absolute atomic E-state index is 11.6. The molecule has 2 N–H and O–H groups in total. The van der Waals surface area contributed by atoms with Gasteiger partial charge in [-0.2, -0.15) is 0 Å². The quantitative estimate of drug-likeness (QED) is 0.716. The van der Waals surface area contributed by atoms with Crippen molar-refractivity contribution in [3.8, 4) is 0 Å². The van der Waals surface area contributed by atoms with Crippen LogP contribution in [-0.4, -0.2) is 19.0 Å². The van der Waals surface area contributed by atoms with Gasteiger partial charge in [0.25, 0.3) is 0 Å². The minimum absolute atomic E-state index is 0.140. The van der Waals surface area contributed by atoms with Crippen molar-refractivity contribution in [3.63, 3.8) is 0 Å².